The highest BCUT2D eigenvalue weighted by Crippen LogP contribution is 2.55. The molecular weight excluding hydrogens is 322 g/mol. The van der Waals surface area contributed by atoms with E-state index in [-0.39, 0.29) is 11.4 Å². The van der Waals surface area contributed by atoms with Gasteiger partial charge in [-0.15, -0.1) is 0 Å². The summed E-state index contributed by atoms with van der Waals surface area (Å²) in [6, 6.07) is 14.2. The van der Waals surface area contributed by atoms with Gasteiger partial charge >= 0.3 is 0 Å². The highest BCUT2D eigenvalue weighted by Gasteiger charge is 2.51. The van der Waals surface area contributed by atoms with Crippen LogP contribution < -0.4 is 10.1 Å². The fourth-order valence-corrected chi connectivity index (χ4v) is 6.13. The van der Waals surface area contributed by atoms with Gasteiger partial charge in [0.25, 0.3) is 5.91 Å². The highest BCUT2D eigenvalue weighted by atomic mass is 16.5. The van der Waals surface area contributed by atoms with Crippen molar-refractivity contribution in [3.63, 3.8) is 0 Å². The van der Waals surface area contributed by atoms with Crippen LogP contribution in [-0.2, 0) is 4.79 Å². The zero-order chi connectivity index (χ0) is 17.7. The molecule has 0 spiro atoms. The number of amides is 1. The Labute approximate surface area is 155 Å². The molecular formula is C23H27NO2. The molecule has 1 N–H and O–H groups in total. The summed E-state index contributed by atoms with van der Waals surface area (Å²) >= 11 is 0. The maximum absolute atomic E-state index is 12.9. The zero-order valence-electron chi connectivity index (χ0n) is 15.4. The van der Waals surface area contributed by atoms with Crippen LogP contribution in [0.4, 0.5) is 0 Å². The van der Waals surface area contributed by atoms with Crippen LogP contribution in [0.5, 0.6) is 5.75 Å². The minimum absolute atomic E-state index is 0.0418. The smallest absolute Gasteiger partial charge is 0.261 e. The molecule has 0 radical (unpaired) electrons. The first-order valence-corrected chi connectivity index (χ1v) is 10.1. The van der Waals surface area contributed by atoms with E-state index in [1.165, 1.54) is 43.9 Å². The molecule has 0 heterocycles. The summed E-state index contributed by atoms with van der Waals surface area (Å²) < 4.78 is 5.99. The first-order valence-electron chi connectivity index (χ1n) is 10.1. The second-order valence-electron chi connectivity index (χ2n) is 8.96. The van der Waals surface area contributed by atoms with Crippen molar-refractivity contribution in [1.82, 2.24) is 5.32 Å². The van der Waals surface area contributed by atoms with E-state index in [2.05, 4.69) is 17.4 Å². The third-order valence-corrected chi connectivity index (χ3v) is 6.83. The van der Waals surface area contributed by atoms with E-state index in [1.807, 2.05) is 37.3 Å². The van der Waals surface area contributed by atoms with Gasteiger partial charge in [0.2, 0.25) is 0 Å². The van der Waals surface area contributed by atoms with Crippen molar-refractivity contribution in [2.45, 2.75) is 57.1 Å². The lowest BCUT2D eigenvalue weighted by Crippen LogP contribution is -2.61. The van der Waals surface area contributed by atoms with Gasteiger partial charge in [0.05, 0.1) is 0 Å². The van der Waals surface area contributed by atoms with Crippen molar-refractivity contribution in [2.24, 2.45) is 17.8 Å². The number of carbonyl (C=O) groups excluding carboxylic acids is 1. The monoisotopic (exact) mass is 349 g/mol. The fraction of sp³-hybridized carbons (Fsp3) is 0.522. The summed E-state index contributed by atoms with van der Waals surface area (Å²) in [6.07, 6.45) is 7.22. The van der Waals surface area contributed by atoms with Gasteiger partial charge in [-0.3, -0.25) is 4.79 Å². The number of rotatable bonds is 4. The van der Waals surface area contributed by atoms with E-state index < -0.39 is 6.10 Å². The Hall–Kier alpha value is -2.03. The molecule has 4 saturated carbocycles. The summed E-state index contributed by atoms with van der Waals surface area (Å²) in [6.45, 7) is 1.87. The summed E-state index contributed by atoms with van der Waals surface area (Å²) in [5.74, 6) is 3.30. The number of ether oxygens (including phenoxy) is 1. The van der Waals surface area contributed by atoms with Gasteiger partial charge in [-0.1, -0.05) is 30.3 Å². The van der Waals surface area contributed by atoms with Gasteiger partial charge < -0.3 is 10.1 Å². The summed E-state index contributed by atoms with van der Waals surface area (Å²) in [5.41, 5.74) is 0.0485. The maximum Gasteiger partial charge on any atom is 0.261 e. The lowest BCUT2D eigenvalue weighted by atomic mass is 9.53. The fourth-order valence-electron chi connectivity index (χ4n) is 6.13. The maximum atomic E-state index is 12.9. The zero-order valence-corrected chi connectivity index (χ0v) is 15.4. The molecule has 3 nitrogen and oxygen atoms in total. The third-order valence-electron chi connectivity index (χ3n) is 6.83. The molecule has 1 amide bonds. The van der Waals surface area contributed by atoms with Crippen LogP contribution in [0.25, 0.3) is 10.8 Å². The lowest BCUT2D eigenvalue weighted by molar-refractivity contribution is -0.133. The van der Waals surface area contributed by atoms with Crippen LogP contribution in [-0.4, -0.2) is 17.6 Å². The molecule has 0 aliphatic heterocycles. The summed E-state index contributed by atoms with van der Waals surface area (Å²) in [7, 11) is 0. The van der Waals surface area contributed by atoms with Crippen LogP contribution in [0.1, 0.15) is 45.4 Å². The van der Waals surface area contributed by atoms with Crippen molar-refractivity contribution >= 4 is 16.7 Å². The molecule has 1 atom stereocenters. The third kappa shape index (κ3) is 2.87. The largest absolute Gasteiger partial charge is 0.481 e. The molecule has 4 fully saturated rings. The topological polar surface area (TPSA) is 38.3 Å². The van der Waals surface area contributed by atoms with Crippen LogP contribution in [0, 0.1) is 17.8 Å². The van der Waals surface area contributed by atoms with Crippen molar-refractivity contribution in [1.29, 1.82) is 0 Å². The van der Waals surface area contributed by atoms with Crippen molar-refractivity contribution in [3.05, 3.63) is 42.5 Å². The number of hydrogen-bond donors (Lipinski definition) is 1. The normalized spacial score (nSPS) is 33.2. The molecule has 136 valence electrons. The second-order valence-corrected chi connectivity index (χ2v) is 8.96. The molecule has 3 heteroatoms. The Bertz CT molecular complexity index is 808. The Morgan fingerprint density at radius 3 is 2.27 bits per heavy atom. The van der Waals surface area contributed by atoms with E-state index in [4.69, 9.17) is 4.74 Å². The number of carbonyl (C=O) groups is 1. The first-order chi connectivity index (χ1) is 12.6. The van der Waals surface area contributed by atoms with E-state index >= 15 is 0 Å². The van der Waals surface area contributed by atoms with E-state index in [1.54, 1.807) is 0 Å². The Morgan fingerprint density at radius 2 is 1.62 bits per heavy atom. The Balaban J connectivity index is 1.28. The Kier molecular flexibility index (Phi) is 3.73. The molecule has 0 saturated heterocycles. The van der Waals surface area contributed by atoms with Gasteiger partial charge in [0.15, 0.2) is 6.10 Å². The van der Waals surface area contributed by atoms with Crippen LogP contribution in [0.2, 0.25) is 0 Å². The van der Waals surface area contributed by atoms with Crippen molar-refractivity contribution in [2.75, 3.05) is 0 Å². The molecule has 2 aromatic rings. The quantitative estimate of drug-likeness (QED) is 0.869. The molecule has 2 aromatic carbocycles. The van der Waals surface area contributed by atoms with Gasteiger partial charge in [-0.25, -0.2) is 0 Å². The average molecular weight is 349 g/mol. The van der Waals surface area contributed by atoms with E-state index in [0.717, 1.165) is 28.9 Å². The number of hydrogen-bond acceptors (Lipinski definition) is 2. The van der Waals surface area contributed by atoms with Gasteiger partial charge in [-0.05, 0) is 86.1 Å². The number of fused-ring (bicyclic) bond motifs is 1. The molecule has 26 heavy (non-hydrogen) atoms. The minimum Gasteiger partial charge on any atom is -0.481 e. The van der Waals surface area contributed by atoms with Crippen LogP contribution >= 0.6 is 0 Å². The predicted octanol–water partition coefficient (Wildman–Crippen LogP) is 4.69. The van der Waals surface area contributed by atoms with E-state index in [9.17, 15) is 4.79 Å². The van der Waals surface area contributed by atoms with Crippen molar-refractivity contribution < 1.29 is 9.53 Å². The molecule has 6 rings (SSSR count). The van der Waals surface area contributed by atoms with Gasteiger partial charge in [0.1, 0.15) is 5.75 Å². The van der Waals surface area contributed by atoms with Gasteiger partial charge in [-0.2, -0.15) is 0 Å². The highest BCUT2D eigenvalue weighted by molar-refractivity contribution is 5.84. The van der Waals surface area contributed by atoms with Crippen LogP contribution in [0.15, 0.2) is 42.5 Å². The number of nitrogens with one attached hydrogen (secondary N) is 1. The molecule has 4 bridgehead atoms. The van der Waals surface area contributed by atoms with Crippen LogP contribution in [0.3, 0.4) is 0 Å². The SMILES string of the molecule is C[C@@H](Oc1ccc2ccccc2c1)C(=O)NC12CC3CC(CC(C3)C1)C2. The first kappa shape index (κ1) is 16.2. The average Bonchev–Trinajstić information content (AvgIpc) is 2.60. The minimum atomic E-state index is -0.468. The van der Waals surface area contributed by atoms with Crippen molar-refractivity contribution in [3.8, 4) is 5.75 Å². The molecule has 0 unspecified atom stereocenters. The summed E-state index contributed by atoms with van der Waals surface area (Å²) in [5, 5.41) is 5.74. The van der Waals surface area contributed by atoms with Gasteiger partial charge in [0, 0.05) is 5.54 Å². The Morgan fingerprint density at radius 1 is 1.00 bits per heavy atom. The standard InChI is InChI=1S/C23H27NO2/c1-15(26-21-7-6-19-4-2-3-5-20(19)11-21)22(25)24-23-12-16-8-17(13-23)10-18(9-16)14-23/h2-7,11,15-18H,8-10,12-14H2,1H3,(H,24,25)/t15-,16?,17?,18?,23?/m1/s1. The van der Waals surface area contributed by atoms with E-state index in [0.29, 0.717) is 0 Å². The predicted molar refractivity (Wildman–Crippen MR) is 103 cm³/mol. The number of benzene rings is 2. The lowest BCUT2D eigenvalue weighted by Gasteiger charge is -2.57. The second kappa shape index (κ2) is 6.00. The molecule has 0 aromatic heterocycles. The summed E-state index contributed by atoms with van der Waals surface area (Å²) in [4.78, 5) is 12.9. The molecule has 4 aliphatic rings. The molecule has 4 aliphatic carbocycles.